The van der Waals surface area contributed by atoms with Gasteiger partial charge in [0, 0.05) is 38.8 Å². The molecule has 1 fully saturated rings. The molecule has 0 radical (unpaired) electrons. The maximum Gasteiger partial charge on any atom is 0.0673 e. The third-order valence-corrected chi connectivity index (χ3v) is 2.89. The Bertz CT molecular complexity index is 152. The van der Waals surface area contributed by atoms with Gasteiger partial charge in [-0.05, 0) is 20.3 Å². The van der Waals surface area contributed by atoms with E-state index >= 15 is 0 Å². The molecular weight excluding hydrogens is 176 g/mol. The Morgan fingerprint density at radius 2 is 2.29 bits per heavy atom. The van der Waals surface area contributed by atoms with Gasteiger partial charge in [-0.25, -0.2) is 0 Å². The van der Waals surface area contributed by atoms with E-state index in [4.69, 9.17) is 4.74 Å². The van der Waals surface area contributed by atoms with E-state index in [2.05, 4.69) is 31.0 Å². The zero-order chi connectivity index (χ0) is 10.4. The molecule has 1 aliphatic heterocycles. The van der Waals surface area contributed by atoms with Gasteiger partial charge in [0.15, 0.2) is 0 Å². The van der Waals surface area contributed by atoms with Gasteiger partial charge in [0.1, 0.15) is 0 Å². The summed E-state index contributed by atoms with van der Waals surface area (Å²) < 4.78 is 5.58. The molecule has 0 amide bonds. The highest BCUT2D eigenvalue weighted by molar-refractivity contribution is 4.79. The zero-order valence-corrected chi connectivity index (χ0v) is 9.75. The van der Waals surface area contributed by atoms with Gasteiger partial charge in [0.05, 0.1) is 6.10 Å². The van der Waals surface area contributed by atoms with Gasteiger partial charge in [-0.1, -0.05) is 6.92 Å². The van der Waals surface area contributed by atoms with Crippen molar-refractivity contribution in [2.75, 3.05) is 32.8 Å². The number of nitrogens with one attached hydrogen (secondary N) is 1. The SMILES string of the molecule is CCOC(C)CN1CCNCC1CC. The van der Waals surface area contributed by atoms with Gasteiger partial charge >= 0.3 is 0 Å². The van der Waals surface area contributed by atoms with Crippen LogP contribution in [0.4, 0.5) is 0 Å². The smallest absolute Gasteiger partial charge is 0.0673 e. The highest BCUT2D eigenvalue weighted by Crippen LogP contribution is 2.08. The van der Waals surface area contributed by atoms with E-state index in [1.165, 1.54) is 6.42 Å². The number of ether oxygens (including phenoxy) is 1. The average Bonchev–Trinajstić information content (AvgIpc) is 2.19. The number of rotatable bonds is 5. The van der Waals surface area contributed by atoms with Crippen molar-refractivity contribution < 1.29 is 4.74 Å². The van der Waals surface area contributed by atoms with Gasteiger partial charge < -0.3 is 10.1 Å². The molecule has 0 aromatic rings. The summed E-state index contributed by atoms with van der Waals surface area (Å²) in [5.74, 6) is 0. The molecule has 1 heterocycles. The van der Waals surface area contributed by atoms with Crippen LogP contribution in [-0.2, 0) is 4.74 Å². The summed E-state index contributed by atoms with van der Waals surface area (Å²) in [4.78, 5) is 2.55. The minimum absolute atomic E-state index is 0.368. The molecule has 1 N–H and O–H groups in total. The highest BCUT2D eigenvalue weighted by Gasteiger charge is 2.21. The van der Waals surface area contributed by atoms with Crippen molar-refractivity contribution in [1.82, 2.24) is 10.2 Å². The lowest BCUT2D eigenvalue weighted by Gasteiger charge is -2.37. The summed E-state index contributed by atoms with van der Waals surface area (Å²) in [6.45, 7) is 11.8. The predicted octanol–water partition coefficient (Wildman–Crippen LogP) is 1.10. The zero-order valence-electron chi connectivity index (χ0n) is 9.75. The van der Waals surface area contributed by atoms with E-state index in [0.717, 1.165) is 32.8 Å². The Kier molecular flexibility index (Phi) is 5.45. The van der Waals surface area contributed by atoms with Crippen LogP contribution in [0.25, 0.3) is 0 Å². The first-order valence-electron chi connectivity index (χ1n) is 5.84. The average molecular weight is 200 g/mol. The quantitative estimate of drug-likeness (QED) is 0.719. The molecule has 14 heavy (non-hydrogen) atoms. The normalized spacial score (nSPS) is 26.4. The summed E-state index contributed by atoms with van der Waals surface area (Å²) in [7, 11) is 0. The van der Waals surface area contributed by atoms with Gasteiger partial charge in [0.2, 0.25) is 0 Å². The maximum atomic E-state index is 5.58. The highest BCUT2D eigenvalue weighted by atomic mass is 16.5. The summed E-state index contributed by atoms with van der Waals surface area (Å²) in [5.41, 5.74) is 0. The van der Waals surface area contributed by atoms with Crippen molar-refractivity contribution in [1.29, 1.82) is 0 Å². The van der Waals surface area contributed by atoms with E-state index in [0.29, 0.717) is 12.1 Å². The Labute approximate surface area is 87.8 Å². The topological polar surface area (TPSA) is 24.5 Å². The standard InChI is InChI=1S/C11H24N2O/c1-4-11-8-12-6-7-13(11)9-10(3)14-5-2/h10-12H,4-9H2,1-3H3. The van der Waals surface area contributed by atoms with Crippen molar-refractivity contribution in [3.05, 3.63) is 0 Å². The fourth-order valence-corrected chi connectivity index (χ4v) is 2.11. The van der Waals surface area contributed by atoms with Crippen LogP contribution in [0.1, 0.15) is 27.2 Å². The van der Waals surface area contributed by atoms with Crippen LogP contribution in [0.15, 0.2) is 0 Å². The van der Waals surface area contributed by atoms with Crippen LogP contribution in [0.3, 0.4) is 0 Å². The van der Waals surface area contributed by atoms with Crippen molar-refractivity contribution in [3.8, 4) is 0 Å². The molecule has 1 rings (SSSR count). The van der Waals surface area contributed by atoms with Gasteiger partial charge in [0.25, 0.3) is 0 Å². The van der Waals surface area contributed by atoms with Crippen molar-refractivity contribution in [2.24, 2.45) is 0 Å². The minimum atomic E-state index is 0.368. The molecule has 1 saturated heterocycles. The molecule has 0 aromatic heterocycles. The van der Waals surface area contributed by atoms with Crippen molar-refractivity contribution in [2.45, 2.75) is 39.3 Å². The summed E-state index contributed by atoms with van der Waals surface area (Å²) >= 11 is 0. The first kappa shape index (κ1) is 12.0. The molecule has 0 saturated carbocycles. The second-order valence-electron chi connectivity index (χ2n) is 4.03. The molecule has 3 nitrogen and oxygen atoms in total. The lowest BCUT2D eigenvalue weighted by Crippen LogP contribution is -2.52. The summed E-state index contributed by atoms with van der Waals surface area (Å²) in [6.07, 6.45) is 1.60. The Balaban J connectivity index is 2.32. The molecule has 2 unspecified atom stereocenters. The molecule has 2 atom stereocenters. The van der Waals surface area contributed by atoms with Crippen LogP contribution < -0.4 is 5.32 Å². The largest absolute Gasteiger partial charge is 0.377 e. The number of hydrogen-bond acceptors (Lipinski definition) is 3. The monoisotopic (exact) mass is 200 g/mol. The number of nitrogens with zero attached hydrogens (tertiary/aromatic N) is 1. The lowest BCUT2D eigenvalue weighted by atomic mass is 10.1. The second-order valence-corrected chi connectivity index (χ2v) is 4.03. The molecular formula is C11H24N2O. The third kappa shape index (κ3) is 3.56. The van der Waals surface area contributed by atoms with Gasteiger partial charge in [-0.2, -0.15) is 0 Å². The fraction of sp³-hybridized carbons (Fsp3) is 1.00. The van der Waals surface area contributed by atoms with E-state index in [1.807, 2.05) is 0 Å². The third-order valence-electron chi connectivity index (χ3n) is 2.89. The fourth-order valence-electron chi connectivity index (χ4n) is 2.11. The van der Waals surface area contributed by atoms with Gasteiger partial charge in [-0.3, -0.25) is 4.90 Å². The summed E-state index contributed by atoms with van der Waals surface area (Å²) in [6, 6.07) is 0.701. The molecule has 0 aromatic carbocycles. The van der Waals surface area contributed by atoms with Crippen molar-refractivity contribution >= 4 is 0 Å². The van der Waals surface area contributed by atoms with E-state index in [1.54, 1.807) is 0 Å². The van der Waals surface area contributed by atoms with Crippen LogP contribution in [-0.4, -0.2) is 49.8 Å². The molecule has 0 aliphatic carbocycles. The summed E-state index contributed by atoms with van der Waals surface area (Å²) in [5, 5.41) is 3.44. The molecule has 1 aliphatic rings. The Morgan fingerprint density at radius 3 is 2.93 bits per heavy atom. The molecule has 84 valence electrons. The first-order valence-corrected chi connectivity index (χ1v) is 5.84. The number of hydrogen-bond donors (Lipinski definition) is 1. The minimum Gasteiger partial charge on any atom is -0.377 e. The predicted molar refractivity (Wildman–Crippen MR) is 59.6 cm³/mol. The lowest BCUT2D eigenvalue weighted by molar-refractivity contribution is 0.0264. The van der Waals surface area contributed by atoms with E-state index in [9.17, 15) is 0 Å². The Morgan fingerprint density at radius 1 is 1.50 bits per heavy atom. The van der Waals surface area contributed by atoms with Crippen molar-refractivity contribution in [3.63, 3.8) is 0 Å². The van der Waals surface area contributed by atoms with Crippen LogP contribution in [0.2, 0.25) is 0 Å². The molecule has 3 heteroatoms. The van der Waals surface area contributed by atoms with Crippen LogP contribution >= 0.6 is 0 Å². The number of piperazine rings is 1. The van der Waals surface area contributed by atoms with E-state index in [-0.39, 0.29) is 0 Å². The first-order chi connectivity index (χ1) is 6.77. The van der Waals surface area contributed by atoms with Crippen LogP contribution in [0, 0.1) is 0 Å². The molecule has 0 spiro atoms. The van der Waals surface area contributed by atoms with Gasteiger partial charge in [-0.15, -0.1) is 0 Å². The second kappa shape index (κ2) is 6.38. The maximum absolute atomic E-state index is 5.58. The molecule has 0 bridgehead atoms. The van der Waals surface area contributed by atoms with Crippen LogP contribution in [0.5, 0.6) is 0 Å². The Hall–Kier alpha value is -0.120. The van der Waals surface area contributed by atoms with E-state index < -0.39 is 0 Å².